The summed E-state index contributed by atoms with van der Waals surface area (Å²) < 4.78 is 2.05. The number of amides is 1. The molecule has 24 heavy (non-hydrogen) atoms. The van der Waals surface area contributed by atoms with E-state index >= 15 is 0 Å². The summed E-state index contributed by atoms with van der Waals surface area (Å²) >= 11 is 0. The van der Waals surface area contributed by atoms with Crippen LogP contribution in [0.15, 0.2) is 48.9 Å². The summed E-state index contributed by atoms with van der Waals surface area (Å²) in [5.41, 5.74) is 1.93. The number of aryl methyl sites for hydroxylation is 1. The predicted molar refractivity (Wildman–Crippen MR) is 92.6 cm³/mol. The van der Waals surface area contributed by atoms with Crippen molar-refractivity contribution in [3.63, 3.8) is 0 Å². The molecule has 0 N–H and O–H groups in total. The monoisotopic (exact) mass is 320 g/mol. The predicted octanol–water partition coefficient (Wildman–Crippen LogP) is 2.53. The molecule has 0 spiro atoms. The van der Waals surface area contributed by atoms with Crippen molar-refractivity contribution in [1.82, 2.24) is 19.4 Å². The molecule has 1 aromatic carbocycles. The first-order chi connectivity index (χ1) is 11.7. The first kappa shape index (κ1) is 14.9. The number of rotatable bonds is 3. The summed E-state index contributed by atoms with van der Waals surface area (Å²) in [5.74, 6) is 1.57. The highest BCUT2D eigenvalue weighted by atomic mass is 16.2. The van der Waals surface area contributed by atoms with Gasteiger partial charge in [0.25, 0.3) is 0 Å². The van der Waals surface area contributed by atoms with Crippen molar-refractivity contribution in [2.45, 2.75) is 18.8 Å². The van der Waals surface area contributed by atoms with Crippen LogP contribution in [-0.4, -0.2) is 38.4 Å². The number of likely N-dealkylation sites (tertiary alicyclic amines) is 1. The van der Waals surface area contributed by atoms with Crippen molar-refractivity contribution >= 4 is 16.8 Å². The van der Waals surface area contributed by atoms with Crippen LogP contribution >= 0.6 is 0 Å². The van der Waals surface area contributed by atoms with Crippen molar-refractivity contribution < 1.29 is 4.79 Å². The molecule has 4 rings (SSSR count). The minimum atomic E-state index is 0.170. The van der Waals surface area contributed by atoms with Gasteiger partial charge >= 0.3 is 0 Å². The fraction of sp³-hybridized carbons (Fsp3) is 0.316. The maximum atomic E-state index is 12.6. The highest BCUT2D eigenvalue weighted by Crippen LogP contribution is 2.26. The molecule has 0 bridgehead atoms. The number of pyridine rings is 1. The second kappa shape index (κ2) is 6.07. The molecular weight excluding hydrogens is 300 g/mol. The van der Waals surface area contributed by atoms with Crippen LogP contribution in [0, 0.1) is 0 Å². The van der Waals surface area contributed by atoms with Gasteiger partial charge in [-0.15, -0.1) is 0 Å². The van der Waals surface area contributed by atoms with Crippen molar-refractivity contribution in [2.75, 3.05) is 13.1 Å². The third-order valence-electron chi connectivity index (χ3n) is 4.77. The maximum Gasteiger partial charge on any atom is 0.227 e. The SMILES string of the molecule is Cn1ccnc1C1CCN(C(=O)Cc2cnc3ccccc3c2)C1. The van der Waals surface area contributed by atoms with Gasteiger partial charge < -0.3 is 9.47 Å². The molecule has 0 saturated carbocycles. The van der Waals surface area contributed by atoms with E-state index < -0.39 is 0 Å². The fourth-order valence-corrected chi connectivity index (χ4v) is 3.47. The number of para-hydroxylation sites is 1. The van der Waals surface area contributed by atoms with E-state index in [2.05, 4.69) is 16.0 Å². The van der Waals surface area contributed by atoms with Gasteiger partial charge in [-0.1, -0.05) is 18.2 Å². The lowest BCUT2D eigenvalue weighted by Gasteiger charge is -2.16. The van der Waals surface area contributed by atoms with Gasteiger partial charge in [-0.25, -0.2) is 4.98 Å². The molecule has 1 amide bonds. The van der Waals surface area contributed by atoms with Gasteiger partial charge in [-0.2, -0.15) is 0 Å². The molecule has 0 radical (unpaired) electrons. The third-order valence-corrected chi connectivity index (χ3v) is 4.77. The van der Waals surface area contributed by atoms with Gasteiger partial charge in [-0.05, 0) is 24.1 Å². The summed E-state index contributed by atoms with van der Waals surface area (Å²) in [7, 11) is 2.01. The quantitative estimate of drug-likeness (QED) is 0.745. The van der Waals surface area contributed by atoms with Crippen LogP contribution in [0.2, 0.25) is 0 Å². The first-order valence-corrected chi connectivity index (χ1v) is 8.29. The van der Waals surface area contributed by atoms with E-state index in [1.54, 1.807) is 0 Å². The zero-order valence-electron chi connectivity index (χ0n) is 13.7. The highest BCUT2D eigenvalue weighted by Gasteiger charge is 2.29. The van der Waals surface area contributed by atoms with E-state index in [0.717, 1.165) is 41.8 Å². The molecule has 0 aliphatic carbocycles. The van der Waals surface area contributed by atoms with E-state index in [4.69, 9.17) is 0 Å². The van der Waals surface area contributed by atoms with Crippen molar-refractivity contribution in [3.05, 3.63) is 60.3 Å². The second-order valence-electron chi connectivity index (χ2n) is 6.43. The molecule has 1 aliphatic heterocycles. The molecule has 1 unspecified atom stereocenters. The summed E-state index contributed by atoms with van der Waals surface area (Å²) in [6, 6.07) is 10.0. The number of carbonyl (C=O) groups excluding carboxylic acids is 1. The smallest absolute Gasteiger partial charge is 0.227 e. The van der Waals surface area contributed by atoms with E-state index in [1.165, 1.54) is 0 Å². The molecule has 5 heteroatoms. The number of imidazole rings is 1. The molecular formula is C19H20N4O. The fourth-order valence-electron chi connectivity index (χ4n) is 3.47. The van der Waals surface area contributed by atoms with Crippen LogP contribution in [0.4, 0.5) is 0 Å². The highest BCUT2D eigenvalue weighted by molar-refractivity contribution is 5.82. The number of fused-ring (bicyclic) bond motifs is 1. The molecule has 5 nitrogen and oxygen atoms in total. The zero-order chi connectivity index (χ0) is 16.5. The standard InChI is InChI=1S/C19H20N4O/c1-22-9-7-20-19(22)16-6-8-23(13-16)18(24)11-14-10-15-4-2-3-5-17(15)21-12-14/h2-5,7,9-10,12,16H,6,8,11,13H2,1H3. The number of aromatic nitrogens is 3. The summed E-state index contributed by atoms with van der Waals surface area (Å²) in [5, 5.41) is 1.08. The average molecular weight is 320 g/mol. The Morgan fingerprint density at radius 2 is 2.17 bits per heavy atom. The van der Waals surface area contributed by atoms with Crippen LogP contribution in [-0.2, 0) is 18.3 Å². The Morgan fingerprint density at radius 1 is 1.29 bits per heavy atom. The van der Waals surface area contributed by atoms with Crippen LogP contribution in [0.1, 0.15) is 23.7 Å². The Bertz CT molecular complexity index is 886. The van der Waals surface area contributed by atoms with Crippen molar-refractivity contribution in [3.8, 4) is 0 Å². The van der Waals surface area contributed by atoms with Gasteiger partial charge in [-0.3, -0.25) is 9.78 Å². The summed E-state index contributed by atoms with van der Waals surface area (Å²) in [6.45, 7) is 1.56. The minimum absolute atomic E-state index is 0.170. The Hall–Kier alpha value is -2.69. The molecule has 3 aromatic rings. The Labute approximate surface area is 140 Å². The van der Waals surface area contributed by atoms with Gasteiger partial charge in [0.2, 0.25) is 5.91 Å². The Balaban J connectivity index is 1.45. The molecule has 1 atom stereocenters. The minimum Gasteiger partial charge on any atom is -0.342 e. The Kier molecular flexibility index (Phi) is 3.76. The molecule has 1 saturated heterocycles. The van der Waals surface area contributed by atoms with Gasteiger partial charge in [0.05, 0.1) is 11.9 Å². The van der Waals surface area contributed by atoms with E-state index in [-0.39, 0.29) is 5.91 Å². The van der Waals surface area contributed by atoms with Gasteiger partial charge in [0.1, 0.15) is 5.82 Å². The van der Waals surface area contributed by atoms with Crippen LogP contribution in [0.25, 0.3) is 10.9 Å². The van der Waals surface area contributed by atoms with E-state index in [1.807, 2.05) is 59.4 Å². The number of benzene rings is 1. The number of nitrogens with zero attached hydrogens (tertiary/aromatic N) is 4. The molecule has 1 aliphatic rings. The molecule has 1 fully saturated rings. The summed E-state index contributed by atoms with van der Waals surface area (Å²) in [6.07, 6.45) is 6.98. The lowest BCUT2D eigenvalue weighted by molar-refractivity contribution is -0.129. The van der Waals surface area contributed by atoms with Crippen LogP contribution in [0.5, 0.6) is 0 Å². The normalized spacial score (nSPS) is 17.5. The number of hydrogen-bond donors (Lipinski definition) is 0. The van der Waals surface area contributed by atoms with Gasteiger partial charge in [0.15, 0.2) is 0 Å². The topological polar surface area (TPSA) is 51.0 Å². The van der Waals surface area contributed by atoms with Crippen LogP contribution in [0.3, 0.4) is 0 Å². The third kappa shape index (κ3) is 2.77. The van der Waals surface area contributed by atoms with Crippen molar-refractivity contribution in [1.29, 1.82) is 0 Å². The first-order valence-electron chi connectivity index (χ1n) is 8.29. The Morgan fingerprint density at radius 3 is 3.00 bits per heavy atom. The number of carbonyl (C=O) groups is 1. The molecule has 3 heterocycles. The second-order valence-corrected chi connectivity index (χ2v) is 6.43. The van der Waals surface area contributed by atoms with Crippen molar-refractivity contribution in [2.24, 2.45) is 7.05 Å². The largest absolute Gasteiger partial charge is 0.342 e. The maximum absolute atomic E-state index is 12.6. The van der Waals surface area contributed by atoms with E-state index in [0.29, 0.717) is 12.3 Å². The summed E-state index contributed by atoms with van der Waals surface area (Å²) in [4.78, 5) is 23.4. The average Bonchev–Trinajstić information content (AvgIpc) is 3.23. The lowest BCUT2D eigenvalue weighted by Crippen LogP contribution is -2.30. The zero-order valence-corrected chi connectivity index (χ0v) is 13.7. The van der Waals surface area contributed by atoms with Crippen LogP contribution < -0.4 is 0 Å². The number of hydrogen-bond acceptors (Lipinski definition) is 3. The lowest BCUT2D eigenvalue weighted by atomic mass is 10.1. The molecule has 122 valence electrons. The molecule has 2 aromatic heterocycles. The van der Waals surface area contributed by atoms with E-state index in [9.17, 15) is 4.79 Å². The van der Waals surface area contributed by atoms with Gasteiger partial charge in [0, 0.05) is 50.0 Å².